The van der Waals surface area contributed by atoms with E-state index in [2.05, 4.69) is 33.0 Å². The lowest BCUT2D eigenvalue weighted by atomic mass is 9.75. The van der Waals surface area contributed by atoms with Crippen LogP contribution in [0.25, 0.3) is 0 Å². The van der Waals surface area contributed by atoms with Crippen LogP contribution in [-0.4, -0.2) is 12.6 Å². The smallest absolute Gasteiger partial charge is 0.0129 e. The molecule has 106 valence electrons. The predicted octanol–water partition coefficient (Wildman–Crippen LogP) is 4.62. The highest BCUT2D eigenvalue weighted by molar-refractivity contribution is 5.04. The molecule has 0 spiro atoms. The summed E-state index contributed by atoms with van der Waals surface area (Å²) in [6.45, 7) is 10.8. The zero-order chi connectivity index (χ0) is 13.2. The third-order valence-corrected chi connectivity index (χ3v) is 5.63. The maximum absolute atomic E-state index is 3.89. The summed E-state index contributed by atoms with van der Waals surface area (Å²) in [5, 5.41) is 3.89. The second-order valence-electron chi connectivity index (χ2n) is 7.47. The minimum absolute atomic E-state index is 0.618. The van der Waals surface area contributed by atoms with Gasteiger partial charge in [-0.05, 0) is 55.4 Å². The van der Waals surface area contributed by atoms with Gasteiger partial charge in [0.25, 0.3) is 0 Å². The highest BCUT2D eigenvalue weighted by atomic mass is 14.9. The molecule has 0 aliphatic heterocycles. The predicted molar refractivity (Wildman–Crippen MR) is 79.7 cm³/mol. The summed E-state index contributed by atoms with van der Waals surface area (Å²) in [5.74, 6) is 2.94. The summed E-state index contributed by atoms with van der Waals surface area (Å²) in [7, 11) is 0. The molecule has 2 atom stereocenters. The fourth-order valence-electron chi connectivity index (χ4n) is 4.02. The lowest BCUT2D eigenvalue weighted by molar-refractivity contribution is 0.194. The van der Waals surface area contributed by atoms with Gasteiger partial charge < -0.3 is 5.32 Å². The Balaban J connectivity index is 1.89. The van der Waals surface area contributed by atoms with Crippen molar-refractivity contribution < 1.29 is 0 Å². The van der Waals surface area contributed by atoms with Crippen LogP contribution >= 0.6 is 0 Å². The van der Waals surface area contributed by atoms with Crippen LogP contribution < -0.4 is 5.32 Å². The Morgan fingerprint density at radius 1 is 1.11 bits per heavy atom. The van der Waals surface area contributed by atoms with Gasteiger partial charge in [0.15, 0.2) is 0 Å². The minimum Gasteiger partial charge on any atom is -0.313 e. The molecule has 1 N–H and O–H groups in total. The van der Waals surface area contributed by atoms with Crippen LogP contribution in [0.15, 0.2) is 0 Å². The fraction of sp³-hybridized carbons (Fsp3) is 1.00. The van der Waals surface area contributed by atoms with Gasteiger partial charge >= 0.3 is 0 Å². The molecule has 2 aliphatic carbocycles. The summed E-state index contributed by atoms with van der Waals surface area (Å²) in [5.41, 5.74) is 0.618. The topological polar surface area (TPSA) is 12.0 Å². The molecule has 1 heteroatoms. The van der Waals surface area contributed by atoms with Crippen LogP contribution in [0.3, 0.4) is 0 Å². The first kappa shape index (κ1) is 14.4. The molecule has 2 rings (SSSR count). The lowest BCUT2D eigenvalue weighted by Gasteiger charge is -2.35. The van der Waals surface area contributed by atoms with Crippen molar-refractivity contribution in [2.45, 2.75) is 78.7 Å². The average Bonchev–Trinajstić information content (AvgIpc) is 2.99. The second-order valence-corrected chi connectivity index (χ2v) is 7.47. The van der Waals surface area contributed by atoms with Gasteiger partial charge in [0.2, 0.25) is 0 Å². The zero-order valence-electron chi connectivity index (χ0n) is 13.0. The van der Waals surface area contributed by atoms with E-state index in [1.54, 1.807) is 0 Å². The molecule has 0 bridgehead atoms. The average molecular weight is 251 g/mol. The number of hydrogen-bond acceptors (Lipinski definition) is 1. The second kappa shape index (κ2) is 5.94. The van der Waals surface area contributed by atoms with Gasteiger partial charge in [-0.1, -0.05) is 47.0 Å². The largest absolute Gasteiger partial charge is 0.313 e. The van der Waals surface area contributed by atoms with Crippen LogP contribution in [-0.2, 0) is 0 Å². The zero-order valence-corrected chi connectivity index (χ0v) is 13.0. The molecule has 2 fully saturated rings. The first-order chi connectivity index (χ1) is 8.58. The van der Waals surface area contributed by atoms with Gasteiger partial charge in [-0.15, -0.1) is 0 Å². The minimum atomic E-state index is 0.618. The molecule has 0 aromatic carbocycles. The van der Waals surface area contributed by atoms with Gasteiger partial charge in [0, 0.05) is 6.04 Å². The monoisotopic (exact) mass is 251 g/mol. The van der Waals surface area contributed by atoms with E-state index in [1.165, 1.54) is 51.5 Å². The molecule has 0 aromatic rings. The summed E-state index contributed by atoms with van der Waals surface area (Å²) in [6, 6.07) is 0.817. The van der Waals surface area contributed by atoms with Crippen LogP contribution in [0.4, 0.5) is 0 Å². The fourth-order valence-corrected chi connectivity index (χ4v) is 4.02. The summed E-state index contributed by atoms with van der Waals surface area (Å²) in [4.78, 5) is 0. The van der Waals surface area contributed by atoms with E-state index in [9.17, 15) is 0 Å². The molecule has 2 saturated carbocycles. The molecule has 0 saturated heterocycles. The molecule has 0 aromatic heterocycles. The van der Waals surface area contributed by atoms with Crippen molar-refractivity contribution in [1.82, 2.24) is 5.32 Å². The van der Waals surface area contributed by atoms with Crippen molar-refractivity contribution in [3.05, 3.63) is 0 Å². The Bertz CT molecular complexity index is 250. The van der Waals surface area contributed by atoms with E-state index in [1.807, 2.05) is 0 Å². The Morgan fingerprint density at radius 3 is 2.17 bits per heavy atom. The molecule has 2 unspecified atom stereocenters. The van der Waals surface area contributed by atoms with Crippen molar-refractivity contribution in [2.24, 2.45) is 23.2 Å². The highest BCUT2D eigenvalue weighted by Crippen LogP contribution is 2.56. The number of hydrogen-bond donors (Lipinski definition) is 1. The molecule has 1 nitrogen and oxygen atoms in total. The van der Waals surface area contributed by atoms with Crippen molar-refractivity contribution in [2.75, 3.05) is 6.54 Å². The third-order valence-electron chi connectivity index (χ3n) is 5.63. The Kier molecular flexibility index (Phi) is 4.75. The van der Waals surface area contributed by atoms with E-state index in [-0.39, 0.29) is 0 Å². The SMILES string of the molecule is CCCNC(C1CCC(CC)CC1)C1CC1(C)C. The van der Waals surface area contributed by atoms with E-state index in [0.29, 0.717) is 5.41 Å². The highest BCUT2D eigenvalue weighted by Gasteiger charge is 2.51. The molecule has 0 heterocycles. The first-order valence-corrected chi connectivity index (χ1v) is 8.31. The van der Waals surface area contributed by atoms with Crippen molar-refractivity contribution in [1.29, 1.82) is 0 Å². The van der Waals surface area contributed by atoms with Crippen molar-refractivity contribution in [3.8, 4) is 0 Å². The van der Waals surface area contributed by atoms with Crippen LogP contribution in [0.2, 0.25) is 0 Å². The van der Waals surface area contributed by atoms with Gasteiger partial charge in [-0.2, -0.15) is 0 Å². The Labute approximate surface area is 114 Å². The molecule has 2 aliphatic rings. The van der Waals surface area contributed by atoms with Crippen LogP contribution in [0.5, 0.6) is 0 Å². The number of nitrogens with one attached hydrogen (secondary N) is 1. The van der Waals surface area contributed by atoms with Gasteiger partial charge in [0.05, 0.1) is 0 Å². The molecular formula is C17H33N. The van der Waals surface area contributed by atoms with Crippen LogP contribution in [0.1, 0.15) is 72.6 Å². The van der Waals surface area contributed by atoms with Gasteiger partial charge in [-0.25, -0.2) is 0 Å². The normalized spacial score (nSPS) is 36.3. The van der Waals surface area contributed by atoms with E-state index in [4.69, 9.17) is 0 Å². The summed E-state index contributed by atoms with van der Waals surface area (Å²) in [6.07, 6.45) is 10.0. The third kappa shape index (κ3) is 3.29. The van der Waals surface area contributed by atoms with E-state index < -0.39 is 0 Å². The quantitative estimate of drug-likeness (QED) is 0.726. The lowest BCUT2D eigenvalue weighted by Crippen LogP contribution is -2.41. The number of rotatable bonds is 6. The first-order valence-electron chi connectivity index (χ1n) is 8.31. The van der Waals surface area contributed by atoms with E-state index >= 15 is 0 Å². The maximum Gasteiger partial charge on any atom is 0.0129 e. The van der Waals surface area contributed by atoms with Crippen LogP contribution in [0, 0.1) is 23.2 Å². The molecule has 0 amide bonds. The summed E-state index contributed by atoms with van der Waals surface area (Å²) >= 11 is 0. The van der Waals surface area contributed by atoms with Crippen molar-refractivity contribution >= 4 is 0 Å². The van der Waals surface area contributed by atoms with Gasteiger partial charge in [-0.3, -0.25) is 0 Å². The maximum atomic E-state index is 3.89. The Hall–Kier alpha value is -0.0400. The molecule has 0 radical (unpaired) electrons. The Morgan fingerprint density at radius 2 is 1.72 bits per heavy atom. The molecular weight excluding hydrogens is 218 g/mol. The van der Waals surface area contributed by atoms with E-state index in [0.717, 1.165) is 23.8 Å². The molecule has 18 heavy (non-hydrogen) atoms. The van der Waals surface area contributed by atoms with Gasteiger partial charge in [0.1, 0.15) is 0 Å². The van der Waals surface area contributed by atoms with Crippen molar-refractivity contribution in [3.63, 3.8) is 0 Å². The standard InChI is InChI=1S/C17H33N/c1-5-11-18-16(15-12-17(15,3)4)14-9-7-13(6-2)8-10-14/h13-16,18H,5-12H2,1-4H3. The summed E-state index contributed by atoms with van der Waals surface area (Å²) < 4.78 is 0.